The number of pyridine rings is 1. The minimum atomic E-state index is -0.663. The Bertz CT molecular complexity index is 598. The molecule has 1 saturated heterocycles. The van der Waals surface area contributed by atoms with E-state index in [1.54, 1.807) is 12.1 Å². The Kier molecular flexibility index (Phi) is 12.8. The molecule has 2 heterocycles. The van der Waals surface area contributed by atoms with Gasteiger partial charge in [0.25, 0.3) is 0 Å². The molecule has 2 rings (SSSR count). The number of halogens is 1. The summed E-state index contributed by atoms with van der Waals surface area (Å²) < 4.78 is 19.5. The molecule has 3 unspecified atom stereocenters. The molecular weight excluding hydrogens is 377 g/mol. The number of hydrogen-bond donors (Lipinski definition) is 2. The number of piperidine rings is 1. The predicted molar refractivity (Wildman–Crippen MR) is 125 cm³/mol. The van der Waals surface area contributed by atoms with Gasteiger partial charge in [-0.1, -0.05) is 72.3 Å². The molecule has 0 bridgehead atoms. The molecule has 172 valence electrons. The summed E-state index contributed by atoms with van der Waals surface area (Å²) in [5, 5.41) is 11.9. The van der Waals surface area contributed by atoms with Crippen LogP contribution in [0.1, 0.15) is 98.1 Å². The van der Waals surface area contributed by atoms with Crippen molar-refractivity contribution in [2.75, 3.05) is 13.1 Å². The number of hydrogen-bond acceptors (Lipinski definition) is 4. The predicted octanol–water partition coefficient (Wildman–Crippen LogP) is 6.64. The third-order valence-electron chi connectivity index (χ3n) is 5.98. The lowest BCUT2D eigenvalue weighted by Gasteiger charge is -2.38. The van der Waals surface area contributed by atoms with E-state index in [1.807, 2.05) is 6.92 Å². The summed E-state index contributed by atoms with van der Waals surface area (Å²) in [4.78, 5) is 4.05. The fourth-order valence-corrected chi connectivity index (χ4v) is 3.88. The summed E-state index contributed by atoms with van der Waals surface area (Å²) in [6.07, 6.45) is 10.7. The lowest BCUT2D eigenvalue weighted by molar-refractivity contribution is 0.149. The molecule has 0 spiro atoms. The van der Waals surface area contributed by atoms with Crippen LogP contribution in [0.2, 0.25) is 0 Å². The Morgan fingerprint density at radius 1 is 1.20 bits per heavy atom. The molecule has 1 aliphatic rings. The van der Waals surface area contributed by atoms with Crippen molar-refractivity contribution in [1.82, 2.24) is 10.3 Å². The van der Waals surface area contributed by atoms with E-state index >= 15 is 0 Å². The lowest BCUT2D eigenvalue weighted by Crippen LogP contribution is -2.50. The normalized spacial score (nSPS) is 20.6. The largest absolute Gasteiger partial charge is 0.477 e. The van der Waals surface area contributed by atoms with E-state index in [0.29, 0.717) is 18.2 Å². The molecule has 3 atom stereocenters. The van der Waals surface area contributed by atoms with Gasteiger partial charge in [-0.15, -0.1) is 0 Å². The van der Waals surface area contributed by atoms with E-state index in [1.165, 1.54) is 38.2 Å². The number of ether oxygens (including phenoxy) is 1. The molecule has 0 radical (unpaired) electrons. The highest BCUT2D eigenvalue weighted by Crippen LogP contribution is 2.32. The standard InChI is InChI=1S/C18H28FN3O.C7H16/c1-4-13(2)11-14(3)23-17(20)18(9-6-10-21-12-18)15-7-5-8-16(19)22-15;1-3-5-7-6-4-2/h5,7-8,13-14,20-21H,4,6,9-12H2,1-3H3;3-7H2,1-2H3. The Balaban J connectivity index is 0.000000553. The Morgan fingerprint density at radius 2 is 1.90 bits per heavy atom. The molecule has 30 heavy (non-hydrogen) atoms. The molecule has 1 fully saturated rings. The third kappa shape index (κ3) is 8.71. The van der Waals surface area contributed by atoms with Gasteiger partial charge in [-0.05, 0) is 50.8 Å². The Morgan fingerprint density at radius 3 is 2.43 bits per heavy atom. The molecule has 0 aromatic carbocycles. The summed E-state index contributed by atoms with van der Waals surface area (Å²) in [6, 6.07) is 4.79. The van der Waals surface area contributed by atoms with Crippen LogP contribution in [-0.2, 0) is 10.2 Å². The van der Waals surface area contributed by atoms with Crippen LogP contribution in [0.25, 0.3) is 0 Å². The molecular formula is C25H44FN3O. The van der Waals surface area contributed by atoms with Crippen molar-refractivity contribution in [3.05, 3.63) is 29.8 Å². The van der Waals surface area contributed by atoms with Crippen LogP contribution in [0.15, 0.2) is 18.2 Å². The Hall–Kier alpha value is -1.49. The first kappa shape index (κ1) is 26.5. The lowest BCUT2D eigenvalue weighted by atomic mass is 9.77. The van der Waals surface area contributed by atoms with Gasteiger partial charge in [0.05, 0.1) is 11.8 Å². The van der Waals surface area contributed by atoms with Gasteiger partial charge in [0, 0.05) is 6.54 Å². The molecule has 0 saturated carbocycles. The fourth-order valence-electron chi connectivity index (χ4n) is 3.88. The molecule has 1 aromatic rings. The van der Waals surface area contributed by atoms with Crippen LogP contribution in [0.4, 0.5) is 4.39 Å². The van der Waals surface area contributed by atoms with Gasteiger partial charge in [0.15, 0.2) is 5.90 Å². The molecule has 0 amide bonds. The average Bonchev–Trinajstić information content (AvgIpc) is 2.74. The zero-order valence-electron chi connectivity index (χ0n) is 19.9. The summed E-state index contributed by atoms with van der Waals surface area (Å²) in [7, 11) is 0. The van der Waals surface area contributed by atoms with E-state index in [0.717, 1.165) is 32.2 Å². The van der Waals surface area contributed by atoms with Crippen LogP contribution < -0.4 is 5.32 Å². The number of unbranched alkanes of at least 4 members (excludes halogenated alkanes) is 4. The molecule has 5 heteroatoms. The molecule has 1 aliphatic heterocycles. The first-order chi connectivity index (χ1) is 14.4. The second-order valence-corrected chi connectivity index (χ2v) is 8.78. The van der Waals surface area contributed by atoms with Gasteiger partial charge < -0.3 is 10.1 Å². The van der Waals surface area contributed by atoms with Crippen molar-refractivity contribution in [1.29, 1.82) is 5.41 Å². The van der Waals surface area contributed by atoms with E-state index in [2.05, 4.69) is 38.0 Å². The van der Waals surface area contributed by atoms with Crippen LogP contribution in [0.3, 0.4) is 0 Å². The zero-order valence-corrected chi connectivity index (χ0v) is 19.9. The van der Waals surface area contributed by atoms with Crippen molar-refractivity contribution in [2.24, 2.45) is 5.92 Å². The summed E-state index contributed by atoms with van der Waals surface area (Å²) >= 11 is 0. The van der Waals surface area contributed by atoms with Gasteiger partial charge >= 0.3 is 0 Å². The molecule has 0 aliphatic carbocycles. The first-order valence-corrected chi connectivity index (χ1v) is 12.0. The van der Waals surface area contributed by atoms with Crippen molar-refractivity contribution < 1.29 is 9.13 Å². The SMILES string of the molecule is CCC(C)CC(C)OC(=N)C1(c2cccc(F)n2)CCCNC1.CCCCCCC. The summed E-state index contributed by atoms with van der Waals surface area (Å²) in [6.45, 7) is 12.3. The first-order valence-electron chi connectivity index (χ1n) is 12.0. The highest BCUT2D eigenvalue weighted by atomic mass is 19.1. The van der Waals surface area contributed by atoms with Crippen LogP contribution in [-0.4, -0.2) is 30.1 Å². The number of nitrogens with one attached hydrogen (secondary N) is 2. The van der Waals surface area contributed by atoms with Crippen molar-refractivity contribution in [3.8, 4) is 0 Å². The number of aromatic nitrogens is 1. The monoisotopic (exact) mass is 421 g/mol. The van der Waals surface area contributed by atoms with Crippen LogP contribution >= 0.6 is 0 Å². The number of nitrogens with zero attached hydrogens (tertiary/aromatic N) is 1. The zero-order chi connectivity index (χ0) is 22.4. The van der Waals surface area contributed by atoms with Gasteiger partial charge in [0.1, 0.15) is 5.41 Å². The van der Waals surface area contributed by atoms with Crippen molar-refractivity contribution in [3.63, 3.8) is 0 Å². The Labute approximate surface area is 183 Å². The summed E-state index contributed by atoms with van der Waals surface area (Å²) in [5.74, 6) is 0.261. The van der Waals surface area contributed by atoms with E-state index < -0.39 is 11.4 Å². The van der Waals surface area contributed by atoms with Crippen LogP contribution in [0, 0.1) is 17.3 Å². The third-order valence-corrected chi connectivity index (χ3v) is 5.98. The molecule has 2 N–H and O–H groups in total. The topological polar surface area (TPSA) is 58.0 Å². The minimum absolute atomic E-state index is 0.0233. The van der Waals surface area contributed by atoms with Crippen molar-refractivity contribution >= 4 is 5.90 Å². The molecule has 1 aromatic heterocycles. The van der Waals surface area contributed by atoms with Gasteiger partial charge in [-0.25, -0.2) is 4.98 Å². The maximum absolute atomic E-state index is 13.6. The highest BCUT2D eigenvalue weighted by Gasteiger charge is 2.42. The average molecular weight is 422 g/mol. The van der Waals surface area contributed by atoms with Crippen LogP contribution in [0.5, 0.6) is 0 Å². The van der Waals surface area contributed by atoms with Gasteiger partial charge in [0.2, 0.25) is 5.95 Å². The number of rotatable bonds is 10. The smallest absolute Gasteiger partial charge is 0.213 e. The van der Waals surface area contributed by atoms with Gasteiger partial charge in [-0.3, -0.25) is 5.41 Å². The van der Waals surface area contributed by atoms with Gasteiger partial charge in [-0.2, -0.15) is 4.39 Å². The maximum atomic E-state index is 13.6. The maximum Gasteiger partial charge on any atom is 0.213 e. The minimum Gasteiger partial charge on any atom is -0.477 e. The van der Waals surface area contributed by atoms with E-state index in [9.17, 15) is 4.39 Å². The summed E-state index contributed by atoms with van der Waals surface area (Å²) in [5.41, 5.74) is -0.0743. The van der Waals surface area contributed by atoms with E-state index in [-0.39, 0.29) is 12.0 Å². The quantitative estimate of drug-likeness (QED) is 0.193. The van der Waals surface area contributed by atoms with E-state index in [4.69, 9.17) is 10.1 Å². The second-order valence-electron chi connectivity index (χ2n) is 8.78. The second kappa shape index (κ2) is 14.5. The van der Waals surface area contributed by atoms with Crippen molar-refractivity contribution in [2.45, 2.75) is 104 Å². The molecule has 4 nitrogen and oxygen atoms in total. The highest BCUT2D eigenvalue weighted by molar-refractivity contribution is 5.85. The fraction of sp³-hybridized carbons (Fsp3) is 0.760.